The van der Waals surface area contributed by atoms with Crippen LogP contribution < -0.4 is 20.3 Å². The van der Waals surface area contributed by atoms with Gasteiger partial charge in [-0.1, -0.05) is 18.2 Å². The Bertz CT molecular complexity index is 1560. The summed E-state index contributed by atoms with van der Waals surface area (Å²) in [6, 6.07) is 20.2. The number of phenols is 1. The number of carbonyl (C=O) groups excluding carboxylic acids is 1. The van der Waals surface area contributed by atoms with Crippen LogP contribution in [0.5, 0.6) is 11.5 Å². The molecule has 40 heavy (non-hydrogen) atoms. The quantitative estimate of drug-likeness (QED) is 0.261. The standard InChI is InChI=1S/C30H31N5O4S/c1-18-15-21(19(2)34(18)24-10-5-6-11-25(24)36)29-28(22-9-7-8-14-31-22)33-30(40)35(29)20-12-13-26(39-4)23(16-20)32-27(37)17-38-3/h5-16,28-29,36H,17H2,1-4H3,(H,32,37)(H,33,40)/t28-,29-/m1/s1. The molecule has 0 aliphatic carbocycles. The van der Waals surface area contributed by atoms with Crippen LogP contribution in [0.4, 0.5) is 11.4 Å². The van der Waals surface area contributed by atoms with Crippen LogP contribution >= 0.6 is 12.2 Å². The molecule has 1 saturated heterocycles. The third-order valence-electron chi connectivity index (χ3n) is 7.02. The molecule has 3 N–H and O–H groups in total. The highest BCUT2D eigenvalue weighted by molar-refractivity contribution is 7.80. The van der Waals surface area contributed by atoms with Crippen LogP contribution in [-0.4, -0.2) is 46.5 Å². The lowest BCUT2D eigenvalue weighted by molar-refractivity contribution is -0.119. The first-order valence-corrected chi connectivity index (χ1v) is 13.2. The van der Waals surface area contributed by atoms with E-state index in [-0.39, 0.29) is 30.3 Å². The second-order valence-corrected chi connectivity index (χ2v) is 9.90. The molecule has 3 heterocycles. The number of hydrogen-bond acceptors (Lipinski definition) is 6. The number of carbonyl (C=O) groups is 1. The van der Waals surface area contributed by atoms with E-state index in [0.717, 1.165) is 28.3 Å². The summed E-state index contributed by atoms with van der Waals surface area (Å²) in [4.78, 5) is 19.1. The predicted octanol–water partition coefficient (Wildman–Crippen LogP) is 4.97. The maximum Gasteiger partial charge on any atom is 0.250 e. The molecule has 1 fully saturated rings. The number of anilines is 2. The molecular formula is C30H31N5O4S. The number of hydrogen-bond donors (Lipinski definition) is 3. The van der Waals surface area contributed by atoms with Crippen molar-refractivity contribution in [1.29, 1.82) is 0 Å². The maximum atomic E-state index is 12.4. The van der Waals surface area contributed by atoms with Crippen LogP contribution in [0.3, 0.4) is 0 Å². The molecule has 2 aromatic heterocycles. The fourth-order valence-electron chi connectivity index (χ4n) is 5.32. The second-order valence-electron chi connectivity index (χ2n) is 9.51. The number of aryl methyl sites for hydroxylation is 1. The summed E-state index contributed by atoms with van der Waals surface area (Å²) < 4.78 is 12.5. The number of rotatable bonds is 8. The zero-order valence-electron chi connectivity index (χ0n) is 22.7. The Morgan fingerprint density at radius 2 is 1.88 bits per heavy atom. The lowest BCUT2D eigenvalue weighted by Gasteiger charge is -2.29. The number of phenolic OH excluding ortho intramolecular Hbond substituents is 1. The van der Waals surface area contributed by atoms with E-state index >= 15 is 0 Å². The first-order valence-electron chi connectivity index (χ1n) is 12.8. The Morgan fingerprint density at radius 3 is 2.58 bits per heavy atom. The average molecular weight is 558 g/mol. The van der Waals surface area contributed by atoms with Gasteiger partial charge in [0.2, 0.25) is 5.91 Å². The van der Waals surface area contributed by atoms with E-state index in [2.05, 4.69) is 21.7 Å². The van der Waals surface area contributed by atoms with Crippen LogP contribution in [-0.2, 0) is 9.53 Å². The van der Waals surface area contributed by atoms with Crippen LogP contribution in [0.2, 0.25) is 0 Å². The minimum Gasteiger partial charge on any atom is -0.506 e. The fraction of sp³-hybridized carbons (Fsp3) is 0.233. The molecule has 206 valence electrons. The summed E-state index contributed by atoms with van der Waals surface area (Å²) in [5.41, 5.74) is 5.76. The number of ether oxygens (including phenoxy) is 2. The number of aromatic nitrogens is 2. The zero-order chi connectivity index (χ0) is 28.4. The molecule has 0 unspecified atom stereocenters. The number of nitrogens with one attached hydrogen (secondary N) is 2. The molecule has 0 saturated carbocycles. The maximum absolute atomic E-state index is 12.4. The third-order valence-corrected chi connectivity index (χ3v) is 7.33. The number of benzene rings is 2. The van der Waals surface area contributed by atoms with Gasteiger partial charge in [0.25, 0.3) is 0 Å². The molecule has 1 aliphatic heterocycles. The van der Waals surface area contributed by atoms with Gasteiger partial charge < -0.3 is 34.7 Å². The van der Waals surface area contributed by atoms with Crippen molar-refractivity contribution in [3.63, 3.8) is 0 Å². The van der Waals surface area contributed by atoms with Crippen molar-refractivity contribution in [2.45, 2.75) is 25.9 Å². The Morgan fingerprint density at radius 1 is 1.10 bits per heavy atom. The van der Waals surface area contributed by atoms with Crippen LogP contribution in [0.25, 0.3) is 5.69 Å². The van der Waals surface area contributed by atoms with Crippen molar-refractivity contribution < 1.29 is 19.4 Å². The van der Waals surface area contributed by atoms with Gasteiger partial charge in [-0.25, -0.2) is 0 Å². The number of para-hydroxylation sites is 2. The number of methoxy groups -OCH3 is 2. The highest BCUT2D eigenvalue weighted by atomic mass is 32.1. The fourth-order valence-corrected chi connectivity index (χ4v) is 5.67. The molecular weight excluding hydrogens is 526 g/mol. The van der Waals surface area contributed by atoms with Crippen molar-refractivity contribution in [1.82, 2.24) is 14.9 Å². The first-order chi connectivity index (χ1) is 19.3. The Hall–Kier alpha value is -4.41. The van der Waals surface area contributed by atoms with Gasteiger partial charge in [0.05, 0.1) is 36.3 Å². The number of pyridine rings is 1. The minimum absolute atomic E-state index is 0.0836. The number of thiocarbonyl (C=S) groups is 1. The molecule has 4 aromatic rings. The van der Waals surface area contributed by atoms with Gasteiger partial charge >= 0.3 is 0 Å². The molecule has 0 spiro atoms. The SMILES string of the molecule is COCC(=O)Nc1cc(N2C(=S)N[C@H](c3ccccn3)[C@H]2c2cc(C)n(-c3ccccc3O)c2C)ccc1OC. The number of nitrogens with zero attached hydrogens (tertiary/aromatic N) is 3. The topological polar surface area (TPSA) is 101 Å². The summed E-state index contributed by atoms with van der Waals surface area (Å²) in [5.74, 6) is 0.414. The molecule has 9 nitrogen and oxygen atoms in total. The zero-order valence-corrected chi connectivity index (χ0v) is 23.5. The van der Waals surface area contributed by atoms with E-state index in [1.807, 2.05) is 65.8 Å². The monoisotopic (exact) mass is 557 g/mol. The van der Waals surface area contributed by atoms with E-state index in [1.54, 1.807) is 31.5 Å². The first kappa shape index (κ1) is 27.2. The smallest absolute Gasteiger partial charge is 0.250 e. The molecule has 2 aromatic carbocycles. The van der Waals surface area contributed by atoms with E-state index in [0.29, 0.717) is 22.2 Å². The van der Waals surface area contributed by atoms with Gasteiger partial charge in [-0.05, 0) is 80.2 Å². The normalized spacial score (nSPS) is 16.6. The number of amides is 1. The molecule has 0 radical (unpaired) electrons. The minimum atomic E-state index is -0.297. The van der Waals surface area contributed by atoms with E-state index in [1.165, 1.54) is 7.11 Å². The van der Waals surface area contributed by atoms with Gasteiger partial charge in [0.1, 0.15) is 18.1 Å². The molecule has 5 rings (SSSR count). The lowest BCUT2D eigenvalue weighted by Crippen LogP contribution is -2.29. The molecule has 10 heteroatoms. The summed E-state index contributed by atoms with van der Waals surface area (Å²) in [7, 11) is 3.02. The number of aromatic hydroxyl groups is 1. The van der Waals surface area contributed by atoms with E-state index < -0.39 is 0 Å². The molecule has 1 aliphatic rings. The van der Waals surface area contributed by atoms with Crippen LogP contribution in [0, 0.1) is 13.8 Å². The Labute approximate surface area is 238 Å². The van der Waals surface area contributed by atoms with Crippen LogP contribution in [0.1, 0.15) is 34.7 Å². The van der Waals surface area contributed by atoms with Crippen molar-refractivity contribution >= 4 is 34.6 Å². The summed E-state index contributed by atoms with van der Waals surface area (Å²) >= 11 is 5.91. The Balaban J connectivity index is 1.66. The van der Waals surface area contributed by atoms with Gasteiger partial charge in [0, 0.05) is 30.4 Å². The average Bonchev–Trinajstić information content (AvgIpc) is 3.44. The summed E-state index contributed by atoms with van der Waals surface area (Å²) in [5, 5.41) is 17.5. The Kier molecular flexibility index (Phi) is 7.72. The largest absolute Gasteiger partial charge is 0.506 e. The van der Waals surface area contributed by atoms with Crippen molar-refractivity contribution in [2.24, 2.45) is 0 Å². The van der Waals surface area contributed by atoms with Crippen molar-refractivity contribution in [3.8, 4) is 17.2 Å². The van der Waals surface area contributed by atoms with Crippen LogP contribution in [0.15, 0.2) is 72.9 Å². The van der Waals surface area contributed by atoms with Crippen molar-refractivity contribution in [3.05, 3.63) is 95.6 Å². The van der Waals surface area contributed by atoms with E-state index in [9.17, 15) is 9.90 Å². The molecule has 2 atom stereocenters. The van der Waals surface area contributed by atoms with Gasteiger partial charge in [0.15, 0.2) is 5.11 Å². The summed E-state index contributed by atoms with van der Waals surface area (Å²) in [6.45, 7) is 3.97. The van der Waals surface area contributed by atoms with E-state index in [4.69, 9.17) is 21.7 Å². The molecule has 1 amide bonds. The highest BCUT2D eigenvalue weighted by Gasteiger charge is 2.42. The third kappa shape index (κ3) is 4.99. The molecule has 0 bridgehead atoms. The summed E-state index contributed by atoms with van der Waals surface area (Å²) in [6.07, 6.45) is 1.77. The predicted molar refractivity (Wildman–Crippen MR) is 158 cm³/mol. The second kappa shape index (κ2) is 11.4. The van der Waals surface area contributed by atoms with Gasteiger partial charge in [-0.3, -0.25) is 9.78 Å². The van der Waals surface area contributed by atoms with Crippen molar-refractivity contribution in [2.75, 3.05) is 31.0 Å². The van der Waals surface area contributed by atoms with Gasteiger partial charge in [-0.15, -0.1) is 0 Å². The van der Waals surface area contributed by atoms with Gasteiger partial charge in [-0.2, -0.15) is 0 Å². The highest BCUT2D eigenvalue weighted by Crippen LogP contribution is 2.45. The lowest BCUT2D eigenvalue weighted by atomic mass is 9.96.